The van der Waals surface area contributed by atoms with Crippen LogP contribution in [-0.2, 0) is 26.0 Å². The number of nitrogens with one attached hydrogen (secondary N) is 1. The first-order valence-electron chi connectivity index (χ1n) is 12.2. The van der Waals surface area contributed by atoms with E-state index >= 15 is 0 Å². The van der Waals surface area contributed by atoms with Crippen molar-refractivity contribution in [3.63, 3.8) is 0 Å². The van der Waals surface area contributed by atoms with E-state index in [1.54, 1.807) is 67.8 Å². The maximum atomic E-state index is 13.1. The number of hydrogen-bond donors (Lipinski definition) is 2. The van der Waals surface area contributed by atoms with Crippen molar-refractivity contribution in [3.8, 4) is 11.5 Å². The molecule has 1 saturated carbocycles. The SMILES string of the molecule is COc1ccc(N(C=O)NC2CC2)cc1COc1ccc(S(=O)(=O)CC(CC(=O)O)c2ccccc2)cc1. The van der Waals surface area contributed by atoms with Gasteiger partial charge in [0.25, 0.3) is 0 Å². The van der Waals surface area contributed by atoms with Gasteiger partial charge in [-0.2, -0.15) is 0 Å². The topological polar surface area (TPSA) is 122 Å². The minimum absolute atomic E-state index is 0.0866. The molecule has 1 fully saturated rings. The van der Waals surface area contributed by atoms with Crippen LogP contribution in [0.2, 0.25) is 0 Å². The Labute approximate surface area is 221 Å². The average Bonchev–Trinajstić information content (AvgIpc) is 3.74. The van der Waals surface area contributed by atoms with E-state index in [2.05, 4.69) is 5.43 Å². The number of nitrogens with zero attached hydrogens (tertiary/aromatic N) is 1. The molecule has 2 N–H and O–H groups in total. The maximum Gasteiger partial charge on any atom is 0.303 e. The first kappa shape index (κ1) is 27.2. The molecule has 1 amide bonds. The van der Waals surface area contributed by atoms with Crippen molar-refractivity contribution in [2.24, 2.45) is 0 Å². The third-order valence-corrected chi connectivity index (χ3v) is 8.07. The molecular weight excluding hydrogens is 508 g/mol. The Hall–Kier alpha value is -3.89. The molecule has 200 valence electrons. The smallest absolute Gasteiger partial charge is 0.303 e. The van der Waals surface area contributed by atoms with Crippen molar-refractivity contribution < 1.29 is 32.6 Å². The van der Waals surface area contributed by atoms with Crippen molar-refractivity contribution in [2.45, 2.75) is 42.7 Å². The van der Waals surface area contributed by atoms with Gasteiger partial charge in [-0.15, -0.1) is 0 Å². The van der Waals surface area contributed by atoms with Gasteiger partial charge in [-0.05, 0) is 60.9 Å². The van der Waals surface area contributed by atoms with Crippen LogP contribution in [0.3, 0.4) is 0 Å². The summed E-state index contributed by atoms with van der Waals surface area (Å²) in [6.07, 6.45) is 2.48. The number of carboxylic acids is 1. The Balaban J connectivity index is 1.45. The highest BCUT2D eigenvalue weighted by atomic mass is 32.2. The number of carbonyl (C=O) groups is 2. The van der Waals surface area contributed by atoms with E-state index in [0.717, 1.165) is 19.3 Å². The van der Waals surface area contributed by atoms with Crippen LogP contribution in [0.1, 0.15) is 36.3 Å². The lowest BCUT2D eigenvalue weighted by Gasteiger charge is -2.20. The van der Waals surface area contributed by atoms with Gasteiger partial charge in [-0.3, -0.25) is 9.59 Å². The van der Waals surface area contributed by atoms with Crippen LogP contribution in [0.15, 0.2) is 77.7 Å². The van der Waals surface area contributed by atoms with Crippen LogP contribution in [0.5, 0.6) is 11.5 Å². The Morgan fingerprint density at radius 2 is 1.82 bits per heavy atom. The molecule has 0 spiro atoms. The first-order chi connectivity index (χ1) is 18.3. The summed E-state index contributed by atoms with van der Waals surface area (Å²) in [5.41, 5.74) is 5.17. The fraction of sp³-hybridized carbons (Fsp3) is 0.286. The monoisotopic (exact) mass is 538 g/mol. The zero-order valence-electron chi connectivity index (χ0n) is 20.9. The zero-order valence-corrected chi connectivity index (χ0v) is 21.8. The van der Waals surface area contributed by atoms with Crippen molar-refractivity contribution in [3.05, 3.63) is 83.9 Å². The van der Waals surface area contributed by atoms with Gasteiger partial charge in [0.15, 0.2) is 9.84 Å². The summed E-state index contributed by atoms with van der Waals surface area (Å²) >= 11 is 0. The summed E-state index contributed by atoms with van der Waals surface area (Å²) in [4.78, 5) is 23.0. The number of rotatable bonds is 14. The number of hydrogen-bond acceptors (Lipinski definition) is 7. The summed E-state index contributed by atoms with van der Waals surface area (Å²) in [5, 5.41) is 10.7. The van der Waals surface area contributed by atoms with Crippen molar-refractivity contribution in [2.75, 3.05) is 17.9 Å². The van der Waals surface area contributed by atoms with Crippen molar-refractivity contribution >= 4 is 27.9 Å². The van der Waals surface area contributed by atoms with E-state index < -0.39 is 21.7 Å². The van der Waals surface area contributed by atoms with Crippen molar-refractivity contribution in [1.82, 2.24) is 5.43 Å². The molecule has 1 atom stereocenters. The number of sulfone groups is 1. The van der Waals surface area contributed by atoms with E-state index in [1.807, 2.05) is 0 Å². The first-order valence-corrected chi connectivity index (χ1v) is 13.8. The molecule has 9 nitrogen and oxygen atoms in total. The number of methoxy groups -OCH3 is 1. The molecule has 0 heterocycles. The Bertz CT molecular complexity index is 1360. The summed E-state index contributed by atoms with van der Waals surface area (Å²) in [5.74, 6) is -1.01. The predicted molar refractivity (Wildman–Crippen MR) is 142 cm³/mol. The molecule has 0 bridgehead atoms. The molecule has 0 radical (unpaired) electrons. The number of carboxylic acid groups (broad SMARTS) is 1. The van der Waals surface area contributed by atoms with Gasteiger partial charge < -0.3 is 14.6 Å². The molecule has 0 saturated heterocycles. The van der Waals surface area contributed by atoms with Gasteiger partial charge in [0.2, 0.25) is 6.41 Å². The van der Waals surface area contributed by atoms with E-state index in [4.69, 9.17) is 9.47 Å². The molecular formula is C28H30N2O7S. The zero-order chi connectivity index (χ0) is 27.1. The van der Waals surface area contributed by atoms with Crippen LogP contribution in [-0.4, -0.2) is 44.8 Å². The van der Waals surface area contributed by atoms with Crippen LogP contribution in [0.4, 0.5) is 5.69 Å². The molecule has 1 aliphatic rings. The molecule has 1 aliphatic carbocycles. The maximum absolute atomic E-state index is 13.1. The quantitative estimate of drug-likeness (QED) is 0.234. The fourth-order valence-corrected chi connectivity index (χ4v) is 5.66. The molecule has 38 heavy (non-hydrogen) atoms. The minimum Gasteiger partial charge on any atom is -0.496 e. The van der Waals surface area contributed by atoms with Crippen LogP contribution >= 0.6 is 0 Å². The average molecular weight is 539 g/mol. The van der Waals surface area contributed by atoms with E-state index in [0.29, 0.717) is 34.4 Å². The van der Waals surface area contributed by atoms with E-state index in [-0.39, 0.29) is 23.7 Å². The number of aliphatic carboxylic acids is 1. The predicted octanol–water partition coefficient (Wildman–Crippen LogP) is 3.94. The molecule has 3 aromatic rings. The molecule has 0 aliphatic heterocycles. The lowest BCUT2D eigenvalue weighted by molar-refractivity contribution is -0.137. The standard InChI is InChI=1S/C28H30N2O7S/c1-36-27-14-9-24(30(19-31)29-23-7-8-23)15-21(27)17-37-25-10-12-26(13-11-25)38(34,35)18-22(16-28(32)33)20-5-3-2-4-6-20/h2-6,9-15,19,22-23,29H,7-8,16-18H2,1H3,(H,32,33). The number of amides is 1. The van der Waals surface area contributed by atoms with Crippen LogP contribution < -0.4 is 19.9 Å². The third-order valence-electron chi connectivity index (χ3n) is 6.24. The van der Waals surface area contributed by atoms with Gasteiger partial charge in [-0.1, -0.05) is 30.3 Å². The normalized spacial score (nSPS) is 13.9. The molecule has 0 aromatic heterocycles. The van der Waals surface area contributed by atoms with Gasteiger partial charge in [0.05, 0.1) is 29.9 Å². The second kappa shape index (κ2) is 12.1. The van der Waals surface area contributed by atoms with Crippen LogP contribution in [0.25, 0.3) is 0 Å². The number of ether oxygens (including phenoxy) is 2. The molecule has 10 heteroatoms. The molecule has 3 aromatic carbocycles. The molecule has 4 rings (SSSR count). The summed E-state index contributed by atoms with van der Waals surface area (Å²) in [7, 11) is -2.21. The Kier molecular flexibility index (Phi) is 8.65. The summed E-state index contributed by atoms with van der Waals surface area (Å²) in [6.45, 7) is 0.133. The van der Waals surface area contributed by atoms with Gasteiger partial charge >= 0.3 is 5.97 Å². The van der Waals surface area contributed by atoms with Gasteiger partial charge in [0, 0.05) is 17.5 Å². The van der Waals surface area contributed by atoms with E-state index in [9.17, 15) is 23.1 Å². The second-order valence-electron chi connectivity index (χ2n) is 9.12. The largest absolute Gasteiger partial charge is 0.496 e. The van der Waals surface area contributed by atoms with Gasteiger partial charge in [-0.25, -0.2) is 18.9 Å². The lowest BCUT2D eigenvalue weighted by Crippen LogP contribution is -2.38. The Morgan fingerprint density at radius 1 is 1.11 bits per heavy atom. The highest BCUT2D eigenvalue weighted by molar-refractivity contribution is 7.91. The number of carbonyl (C=O) groups excluding carboxylic acids is 1. The summed E-state index contributed by atoms with van der Waals surface area (Å²) < 4.78 is 37.5. The third kappa shape index (κ3) is 7.11. The lowest BCUT2D eigenvalue weighted by atomic mass is 9.98. The fourth-order valence-electron chi connectivity index (χ4n) is 4.08. The number of hydrazine groups is 1. The summed E-state index contributed by atoms with van der Waals surface area (Å²) in [6, 6.07) is 20.4. The minimum atomic E-state index is -3.76. The highest BCUT2D eigenvalue weighted by Crippen LogP contribution is 2.29. The van der Waals surface area contributed by atoms with Crippen LogP contribution in [0, 0.1) is 0 Å². The molecule has 1 unspecified atom stereocenters. The van der Waals surface area contributed by atoms with Gasteiger partial charge in [0.1, 0.15) is 18.1 Å². The number of anilines is 1. The Morgan fingerprint density at radius 3 is 2.42 bits per heavy atom. The van der Waals surface area contributed by atoms with Crippen molar-refractivity contribution in [1.29, 1.82) is 0 Å². The van der Waals surface area contributed by atoms with E-state index in [1.165, 1.54) is 17.1 Å². The highest BCUT2D eigenvalue weighted by Gasteiger charge is 2.26. The number of benzene rings is 3. The second-order valence-corrected chi connectivity index (χ2v) is 11.2.